The molecule has 0 aliphatic rings. The van der Waals surface area contributed by atoms with E-state index in [-0.39, 0.29) is 16.6 Å². The van der Waals surface area contributed by atoms with Crippen molar-refractivity contribution in [3.05, 3.63) is 64.9 Å². The van der Waals surface area contributed by atoms with E-state index in [0.29, 0.717) is 22.2 Å². The van der Waals surface area contributed by atoms with Gasteiger partial charge >= 0.3 is 0 Å². The third kappa shape index (κ3) is 5.31. The highest BCUT2D eigenvalue weighted by Crippen LogP contribution is 2.23. The van der Waals surface area contributed by atoms with Crippen LogP contribution in [0.15, 0.2) is 57.9 Å². The molecule has 158 valence electrons. The van der Waals surface area contributed by atoms with E-state index in [0.717, 1.165) is 5.56 Å². The number of hydrogen-bond donors (Lipinski definition) is 2. The molecule has 1 heterocycles. The minimum atomic E-state index is -3.83. The van der Waals surface area contributed by atoms with Gasteiger partial charge in [-0.2, -0.15) is 0 Å². The van der Waals surface area contributed by atoms with Crippen molar-refractivity contribution >= 4 is 39.0 Å². The van der Waals surface area contributed by atoms with E-state index in [2.05, 4.69) is 15.2 Å². The number of ether oxygens (including phenoxy) is 1. The van der Waals surface area contributed by atoms with Crippen molar-refractivity contribution in [1.82, 2.24) is 5.16 Å². The number of anilines is 2. The van der Waals surface area contributed by atoms with Crippen LogP contribution in [0, 0.1) is 13.8 Å². The molecule has 10 heteroatoms. The number of hydrogen-bond acceptors (Lipinski definition) is 6. The van der Waals surface area contributed by atoms with E-state index in [1.807, 2.05) is 6.92 Å². The molecular formula is C20H20ClN3O5S. The smallest absolute Gasteiger partial charge is 0.265 e. The standard InChI is InChI=1S/C20H20ClN3O5S/c1-12-10-15(21)4-9-18(12)28-14(3)20(25)22-16-5-7-17(8-6-16)30(26,27)24-19-11-13(2)29-23-19/h4-11,14H,1-3H3,(H,22,25)(H,23,24)/t14-/m0/s1. The Balaban J connectivity index is 1.63. The number of nitrogens with one attached hydrogen (secondary N) is 2. The van der Waals surface area contributed by atoms with Crippen molar-refractivity contribution < 1.29 is 22.5 Å². The van der Waals surface area contributed by atoms with Crippen LogP contribution < -0.4 is 14.8 Å². The normalized spacial score (nSPS) is 12.3. The molecule has 0 fully saturated rings. The van der Waals surface area contributed by atoms with Gasteiger partial charge < -0.3 is 14.6 Å². The Hall–Kier alpha value is -3.04. The van der Waals surface area contributed by atoms with Gasteiger partial charge in [0.1, 0.15) is 11.5 Å². The number of carbonyl (C=O) groups is 1. The molecule has 8 nitrogen and oxygen atoms in total. The molecule has 30 heavy (non-hydrogen) atoms. The first-order valence-corrected chi connectivity index (χ1v) is 10.8. The lowest BCUT2D eigenvalue weighted by atomic mass is 10.2. The SMILES string of the molecule is Cc1cc(NS(=O)(=O)c2ccc(NC(=O)[C@H](C)Oc3ccc(Cl)cc3C)cc2)no1. The summed E-state index contributed by atoms with van der Waals surface area (Å²) < 4.78 is 37.7. The van der Waals surface area contributed by atoms with Crippen molar-refractivity contribution in [2.24, 2.45) is 0 Å². The molecule has 0 spiro atoms. The van der Waals surface area contributed by atoms with Crippen molar-refractivity contribution in [2.75, 3.05) is 10.0 Å². The molecule has 0 unspecified atom stereocenters. The van der Waals surface area contributed by atoms with Crippen molar-refractivity contribution in [1.29, 1.82) is 0 Å². The fraction of sp³-hybridized carbons (Fsp3) is 0.200. The largest absolute Gasteiger partial charge is 0.481 e. The summed E-state index contributed by atoms with van der Waals surface area (Å²) in [6, 6.07) is 12.3. The maximum Gasteiger partial charge on any atom is 0.265 e. The molecule has 0 saturated heterocycles. The van der Waals surface area contributed by atoms with E-state index < -0.39 is 16.1 Å². The van der Waals surface area contributed by atoms with Gasteiger partial charge in [-0.25, -0.2) is 8.42 Å². The summed E-state index contributed by atoms with van der Waals surface area (Å²) >= 11 is 5.92. The number of nitrogens with zero attached hydrogens (tertiary/aromatic N) is 1. The quantitative estimate of drug-likeness (QED) is 0.560. The molecule has 3 aromatic rings. The number of aryl methyl sites for hydroxylation is 2. The zero-order valence-corrected chi connectivity index (χ0v) is 18.0. The fourth-order valence-corrected chi connectivity index (χ4v) is 3.77. The van der Waals surface area contributed by atoms with Crippen LogP contribution in [0.3, 0.4) is 0 Å². The van der Waals surface area contributed by atoms with Gasteiger partial charge in [0, 0.05) is 16.8 Å². The predicted molar refractivity (Wildman–Crippen MR) is 113 cm³/mol. The Bertz CT molecular complexity index is 1160. The molecular weight excluding hydrogens is 430 g/mol. The van der Waals surface area contributed by atoms with Crippen LogP contribution in [0.4, 0.5) is 11.5 Å². The minimum Gasteiger partial charge on any atom is -0.481 e. The van der Waals surface area contributed by atoms with Gasteiger partial charge in [0.25, 0.3) is 15.9 Å². The number of halogens is 1. The Morgan fingerprint density at radius 1 is 1.13 bits per heavy atom. The number of amides is 1. The van der Waals surface area contributed by atoms with Gasteiger partial charge in [-0.1, -0.05) is 16.8 Å². The number of sulfonamides is 1. The fourth-order valence-electron chi connectivity index (χ4n) is 2.56. The third-order valence-corrected chi connectivity index (χ3v) is 5.71. The summed E-state index contributed by atoms with van der Waals surface area (Å²) in [7, 11) is -3.83. The topological polar surface area (TPSA) is 111 Å². The summed E-state index contributed by atoms with van der Waals surface area (Å²) in [5, 5.41) is 6.88. The van der Waals surface area contributed by atoms with Gasteiger partial charge in [0.2, 0.25) is 0 Å². The van der Waals surface area contributed by atoms with Crippen LogP contribution in [0.2, 0.25) is 5.02 Å². The molecule has 2 aromatic carbocycles. The average molecular weight is 450 g/mol. The summed E-state index contributed by atoms with van der Waals surface area (Å²) in [6.45, 7) is 5.10. The lowest BCUT2D eigenvalue weighted by molar-refractivity contribution is -0.122. The first-order chi connectivity index (χ1) is 14.1. The van der Waals surface area contributed by atoms with Gasteiger partial charge in [0.15, 0.2) is 11.9 Å². The van der Waals surface area contributed by atoms with Crippen LogP contribution in [0.5, 0.6) is 5.75 Å². The molecule has 0 aliphatic heterocycles. The highest BCUT2D eigenvalue weighted by molar-refractivity contribution is 7.92. The Morgan fingerprint density at radius 3 is 2.43 bits per heavy atom. The van der Waals surface area contributed by atoms with Crippen LogP contribution in [0.25, 0.3) is 0 Å². The summed E-state index contributed by atoms with van der Waals surface area (Å²) in [4.78, 5) is 12.4. The van der Waals surface area contributed by atoms with Crippen molar-refractivity contribution in [3.8, 4) is 5.75 Å². The van der Waals surface area contributed by atoms with Gasteiger partial charge in [-0.05, 0) is 68.8 Å². The molecule has 3 rings (SSSR count). The number of aromatic nitrogens is 1. The van der Waals surface area contributed by atoms with E-state index >= 15 is 0 Å². The van der Waals surface area contributed by atoms with Crippen molar-refractivity contribution in [2.45, 2.75) is 31.8 Å². The van der Waals surface area contributed by atoms with Crippen molar-refractivity contribution in [3.63, 3.8) is 0 Å². The molecule has 1 amide bonds. The number of benzene rings is 2. The zero-order chi connectivity index (χ0) is 21.9. The zero-order valence-electron chi connectivity index (χ0n) is 16.5. The molecule has 0 saturated carbocycles. The van der Waals surface area contributed by atoms with Crippen LogP contribution >= 0.6 is 11.6 Å². The minimum absolute atomic E-state index is 0.0160. The van der Waals surface area contributed by atoms with E-state index in [4.69, 9.17) is 20.9 Å². The monoisotopic (exact) mass is 449 g/mol. The van der Waals surface area contributed by atoms with Gasteiger partial charge in [-0.15, -0.1) is 0 Å². The third-order valence-electron chi connectivity index (χ3n) is 4.11. The molecule has 0 aliphatic carbocycles. The molecule has 0 bridgehead atoms. The second-order valence-electron chi connectivity index (χ2n) is 6.61. The highest BCUT2D eigenvalue weighted by atomic mass is 35.5. The molecule has 1 aromatic heterocycles. The summed E-state index contributed by atoms with van der Waals surface area (Å²) in [5.74, 6) is 0.748. The van der Waals surface area contributed by atoms with Crippen LogP contribution in [-0.4, -0.2) is 25.6 Å². The molecule has 1 atom stereocenters. The number of carbonyl (C=O) groups excluding carboxylic acids is 1. The first-order valence-electron chi connectivity index (χ1n) is 8.94. The van der Waals surface area contributed by atoms with E-state index in [1.165, 1.54) is 30.3 Å². The molecule has 0 radical (unpaired) electrons. The predicted octanol–water partition coefficient (Wildman–Crippen LogP) is 4.15. The van der Waals surface area contributed by atoms with Gasteiger partial charge in [0.05, 0.1) is 4.90 Å². The Morgan fingerprint density at radius 2 is 1.83 bits per heavy atom. The summed E-state index contributed by atoms with van der Waals surface area (Å²) in [6.07, 6.45) is -0.773. The van der Waals surface area contributed by atoms with Crippen LogP contribution in [0.1, 0.15) is 18.2 Å². The van der Waals surface area contributed by atoms with Crippen LogP contribution in [-0.2, 0) is 14.8 Å². The number of rotatable bonds is 7. The highest BCUT2D eigenvalue weighted by Gasteiger charge is 2.18. The lowest BCUT2D eigenvalue weighted by Gasteiger charge is -2.16. The maximum absolute atomic E-state index is 12.4. The summed E-state index contributed by atoms with van der Waals surface area (Å²) in [5.41, 5.74) is 1.24. The second-order valence-corrected chi connectivity index (χ2v) is 8.73. The van der Waals surface area contributed by atoms with E-state index in [9.17, 15) is 13.2 Å². The second kappa shape index (κ2) is 8.76. The Kier molecular flexibility index (Phi) is 6.33. The maximum atomic E-state index is 12.4. The average Bonchev–Trinajstić information content (AvgIpc) is 3.08. The lowest BCUT2D eigenvalue weighted by Crippen LogP contribution is -2.30. The Labute approximate surface area is 179 Å². The molecule has 2 N–H and O–H groups in total. The van der Waals surface area contributed by atoms with E-state index in [1.54, 1.807) is 32.0 Å². The first kappa shape index (κ1) is 21.7. The van der Waals surface area contributed by atoms with Gasteiger partial charge in [-0.3, -0.25) is 9.52 Å².